The van der Waals surface area contributed by atoms with Crippen molar-refractivity contribution in [2.45, 2.75) is 83.5 Å². The van der Waals surface area contributed by atoms with Crippen LogP contribution in [0.2, 0.25) is 0 Å². The van der Waals surface area contributed by atoms with Gasteiger partial charge in [-0.2, -0.15) is 0 Å². The van der Waals surface area contributed by atoms with Crippen LogP contribution in [0.5, 0.6) is 0 Å². The minimum Gasteiger partial charge on any atom is -0.251 e. The quantitative estimate of drug-likeness (QED) is 0.362. The van der Waals surface area contributed by atoms with Gasteiger partial charge >= 0.3 is 0 Å². The van der Waals surface area contributed by atoms with Gasteiger partial charge in [-0.15, -0.1) is 0 Å². The summed E-state index contributed by atoms with van der Waals surface area (Å²) in [5, 5.41) is 10.2. The summed E-state index contributed by atoms with van der Waals surface area (Å²) in [5.74, 6) is 0. The number of hydrogen-bond donors (Lipinski definition) is 0. The average molecular weight is 245 g/mol. The highest BCUT2D eigenvalue weighted by Crippen LogP contribution is 2.12. The largest absolute Gasteiger partial charge is 0.251 e. The van der Waals surface area contributed by atoms with Crippen molar-refractivity contribution in [1.29, 1.82) is 0 Å². The summed E-state index contributed by atoms with van der Waals surface area (Å²) in [6.07, 6.45) is 15.5. The first-order chi connectivity index (χ1) is 8.41. The number of rotatable bonds is 14. The molecule has 0 amide bonds. The van der Waals surface area contributed by atoms with Crippen molar-refractivity contribution in [3.63, 3.8) is 0 Å². The predicted octanol–water partition coefficient (Wildman–Crippen LogP) is 5.46. The highest BCUT2D eigenvalue weighted by atomic mass is 19.1. The topological polar surface area (TPSA) is 19.9 Å². The maximum absolute atomic E-state index is 11.8. The van der Waals surface area contributed by atoms with Gasteiger partial charge in [-0.3, -0.25) is 4.39 Å². The third-order valence-electron chi connectivity index (χ3n) is 3.28. The Morgan fingerprint density at radius 3 is 1.06 bits per heavy atom. The van der Waals surface area contributed by atoms with E-state index in [4.69, 9.17) is 0 Å². The van der Waals surface area contributed by atoms with Crippen LogP contribution in [0.4, 0.5) is 4.39 Å². The first kappa shape index (κ1) is 16.9. The lowest BCUT2D eigenvalue weighted by atomic mass is 10.0. The zero-order valence-electron chi connectivity index (χ0n) is 11.4. The normalized spacial score (nSPS) is 10.9. The van der Waals surface area contributed by atoms with Crippen LogP contribution in [0.3, 0.4) is 0 Å². The zero-order chi connectivity index (χ0) is 12.6. The van der Waals surface area contributed by atoms with Crippen molar-refractivity contribution in [1.82, 2.24) is 0 Å². The van der Waals surface area contributed by atoms with Crippen LogP contribution in [-0.2, 0) is 5.11 Å². The van der Waals surface area contributed by atoms with E-state index in [1.807, 2.05) is 0 Å². The molecule has 0 spiro atoms. The summed E-state index contributed by atoms with van der Waals surface area (Å²) in [6.45, 7) is -0.0469. The van der Waals surface area contributed by atoms with Gasteiger partial charge in [0, 0.05) is 0 Å². The van der Waals surface area contributed by atoms with E-state index in [1.54, 1.807) is 0 Å². The summed E-state index contributed by atoms with van der Waals surface area (Å²) >= 11 is 0. The smallest absolute Gasteiger partial charge is 0.0894 e. The predicted molar refractivity (Wildman–Crippen MR) is 71.5 cm³/mol. The Morgan fingerprint density at radius 2 is 0.765 bits per heavy atom. The standard InChI is InChI=1S/C15H30FO/c16-14-12-10-8-6-4-2-1-3-5-7-9-11-13-15-17/h1-15H2. The molecule has 0 aromatic heterocycles. The monoisotopic (exact) mass is 245 g/mol. The molecule has 0 bridgehead atoms. The van der Waals surface area contributed by atoms with E-state index >= 15 is 0 Å². The van der Waals surface area contributed by atoms with Crippen molar-refractivity contribution in [2.24, 2.45) is 0 Å². The van der Waals surface area contributed by atoms with E-state index in [0.717, 1.165) is 25.7 Å². The Labute approximate surface area is 107 Å². The third-order valence-corrected chi connectivity index (χ3v) is 3.28. The maximum atomic E-state index is 11.8. The highest BCUT2D eigenvalue weighted by molar-refractivity contribution is 4.48. The molecule has 0 aliphatic heterocycles. The fraction of sp³-hybridized carbons (Fsp3) is 1.00. The molecule has 0 aromatic carbocycles. The maximum Gasteiger partial charge on any atom is 0.0894 e. The third kappa shape index (κ3) is 15.9. The van der Waals surface area contributed by atoms with Crippen molar-refractivity contribution >= 4 is 0 Å². The molecule has 17 heavy (non-hydrogen) atoms. The van der Waals surface area contributed by atoms with Crippen LogP contribution >= 0.6 is 0 Å². The van der Waals surface area contributed by atoms with Crippen LogP contribution in [-0.4, -0.2) is 13.3 Å². The number of unbranched alkanes of at least 4 members (excludes halogenated alkanes) is 12. The van der Waals surface area contributed by atoms with E-state index in [-0.39, 0.29) is 13.3 Å². The van der Waals surface area contributed by atoms with Crippen molar-refractivity contribution in [3.05, 3.63) is 0 Å². The van der Waals surface area contributed by atoms with Gasteiger partial charge in [0.1, 0.15) is 0 Å². The molecule has 0 aromatic rings. The Balaban J connectivity index is 2.85. The molecule has 0 saturated carbocycles. The van der Waals surface area contributed by atoms with Gasteiger partial charge in [-0.05, 0) is 12.8 Å². The first-order valence-corrected chi connectivity index (χ1v) is 7.56. The second-order valence-corrected chi connectivity index (χ2v) is 4.99. The fourth-order valence-electron chi connectivity index (χ4n) is 2.14. The first-order valence-electron chi connectivity index (χ1n) is 7.56. The lowest BCUT2D eigenvalue weighted by molar-refractivity contribution is 0.186. The Kier molecular flexibility index (Phi) is 15.8. The Morgan fingerprint density at radius 1 is 0.471 bits per heavy atom. The molecule has 1 radical (unpaired) electrons. The minimum atomic E-state index is -0.146. The molecule has 0 fully saturated rings. The lowest BCUT2D eigenvalue weighted by Crippen LogP contribution is -1.84. The van der Waals surface area contributed by atoms with Gasteiger partial charge in [0.25, 0.3) is 0 Å². The molecule has 0 heterocycles. The van der Waals surface area contributed by atoms with Gasteiger partial charge in [-0.25, -0.2) is 5.11 Å². The van der Waals surface area contributed by atoms with Crippen molar-refractivity contribution < 1.29 is 9.50 Å². The van der Waals surface area contributed by atoms with Crippen LogP contribution in [0, 0.1) is 0 Å². The molecule has 0 aliphatic carbocycles. The van der Waals surface area contributed by atoms with Crippen molar-refractivity contribution in [3.8, 4) is 0 Å². The Hall–Kier alpha value is -0.110. The van der Waals surface area contributed by atoms with E-state index in [0.29, 0.717) is 0 Å². The number of halogens is 1. The Bertz CT molecular complexity index is 114. The lowest BCUT2D eigenvalue weighted by Gasteiger charge is -2.02. The molecule has 0 aliphatic rings. The number of alkyl halides is 1. The number of hydrogen-bond acceptors (Lipinski definition) is 0. The fourth-order valence-corrected chi connectivity index (χ4v) is 2.14. The van der Waals surface area contributed by atoms with Gasteiger partial charge in [-0.1, -0.05) is 70.6 Å². The van der Waals surface area contributed by atoms with Crippen LogP contribution in [0.1, 0.15) is 83.5 Å². The highest BCUT2D eigenvalue weighted by Gasteiger charge is 1.93. The summed E-state index contributed by atoms with van der Waals surface area (Å²) < 4.78 is 11.8. The van der Waals surface area contributed by atoms with Gasteiger partial charge in [0.15, 0.2) is 0 Å². The average Bonchev–Trinajstić information content (AvgIpc) is 2.35. The van der Waals surface area contributed by atoms with E-state index in [2.05, 4.69) is 0 Å². The molecular weight excluding hydrogens is 215 g/mol. The van der Waals surface area contributed by atoms with Crippen LogP contribution < -0.4 is 0 Å². The van der Waals surface area contributed by atoms with Gasteiger partial charge in [0.05, 0.1) is 13.3 Å². The van der Waals surface area contributed by atoms with Crippen LogP contribution in [0.25, 0.3) is 0 Å². The molecular formula is C15H30FO. The van der Waals surface area contributed by atoms with Gasteiger partial charge in [0.2, 0.25) is 0 Å². The molecule has 0 N–H and O–H groups in total. The molecule has 0 saturated heterocycles. The van der Waals surface area contributed by atoms with E-state index < -0.39 is 0 Å². The SMILES string of the molecule is [O]CCCCCCCCCCCCCCCF. The molecule has 103 valence electrons. The van der Waals surface area contributed by atoms with Gasteiger partial charge < -0.3 is 0 Å². The zero-order valence-corrected chi connectivity index (χ0v) is 11.4. The summed E-state index contributed by atoms with van der Waals surface area (Å²) in [4.78, 5) is 0. The molecule has 1 nitrogen and oxygen atoms in total. The molecule has 0 rings (SSSR count). The minimum absolute atomic E-state index is 0.0996. The second kappa shape index (κ2) is 15.9. The van der Waals surface area contributed by atoms with Crippen molar-refractivity contribution in [2.75, 3.05) is 13.3 Å². The molecule has 0 atom stereocenters. The molecule has 2 heteroatoms. The van der Waals surface area contributed by atoms with E-state index in [9.17, 15) is 9.50 Å². The summed E-state index contributed by atoms with van der Waals surface area (Å²) in [7, 11) is 0. The molecule has 0 unspecified atom stereocenters. The second-order valence-electron chi connectivity index (χ2n) is 4.99. The summed E-state index contributed by atoms with van der Waals surface area (Å²) in [5.41, 5.74) is 0. The van der Waals surface area contributed by atoms with E-state index in [1.165, 1.54) is 57.8 Å². The summed E-state index contributed by atoms with van der Waals surface area (Å²) in [6, 6.07) is 0. The van der Waals surface area contributed by atoms with Crippen LogP contribution in [0.15, 0.2) is 0 Å².